The van der Waals surface area contributed by atoms with E-state index in [1.54, 1.807) is 0 Å². The molecule has 0 aliphatic heterocycles. The van der Waals surface area contributed by atoms with Gasteiger partial charge in [0.2, 0.25) is 0 Å². The van der Waals surface area contributed by atoms with Gasteiger partial charge in [-0.15, -0.1) is 0 Å². The van der Waals surface area contributed by atoms with Gasteiger partial charge in [-0.3, -0.25) is 4.79 Å². The van der Waals surface area contributed by atoms with Gasteiger partial charge in [0.15, 0.2) is 0 Å². The van der Waals surface area contributed by atoms with Crippen LogP contribution in [-0.2, 0) is 16.1 Å². The minimum atomic E-state index is -0.239. The molecular formula is C14H19NO2. The average molecular weight is 233 g/mol. The number of esters is 1. The smallest absolute Gasteiger partial charge is 0.313 e. The molecule has 0 atom stereocenters. The van der Waals surface area contributed by atoms with Crippen LogP contribution in [0.25, 0.3) is 0 Å². The lowest BCUT2D eigenvalue weighted by molar-refractivity contribution is -0.146. The Hall–Kier alpha value is -1.35. The van der Waals surface area contributed by atoms with Crippen molar-refractivity contribution in [3.63, 3.8) is 0 Å². The van der Waals surface area contributed by atoms with Gasteiger partial charge in [-0.2, -0.15) is 0 Å². The SMILES string of the molecule is COC(=O)C1(CNCc2ccccc2C)CC1. The second-order valence-electron chi connectivity index (χ2n) is 4.80. The maximum Gasteiger partial charge on any atom is 0.313 e. The Morgan fingerprint density at radius 2 is 2.12 bits per heavy atom. The molecule has 0 amide bonds. The van der Waals surface area contributed by atoms with E-state index in [1.807, 2.05) is 12.1 Å². The fourth-order valence-electron chi connectivity index (χ4n) is 2.07. The van der Waals surface area contributed by atoms with Crippen molar-refractivity contribution in [2.24, 2.45) is 5.41 Å². The molecule has 2 rings (SSSR count). The molecule has 0 unspecified atom stereocenters. The summed E-state index contributed by atoms with van der Waals surface area (Å²) in [5, 5.41) is 3.36. The highest BCUT2D eigenvalue weighted by Gasteiger charge is 2.50. The van der Waals surface area contributed by atoms with E-state index in [4.69, 9.17) is 4.74 Å². The summed E-state index contributed by atoms with van der Waals surface area (Å²) in [4.78, 5) is 11.5. The molecule has 1 saturated carbocycles. The van der Waals surface area contributed by atoms with Gasteiger partial charge in [0.25, 0.3) is 0 Å². The molecule has 3 heteroatoms. The van der Waals surface area contributed by atoms with Crippen molar-refractivity contribution in [3.05, 3.63) is 35.4 Å². The molecule has 0 aromatic heterocycles. The number of nitrogens with one attached hydrogen (secondary N) is 1. The van der Waals surface area contributed by atoms with Crippen molar-refractivity contribution < 1.29 is 9.53 Å². The van der Waals surface area contributed by atoms with Crippen molar-refractivity contribution in [3.8, 4) is 0 Å². The first kappa shape index (κ1) is 12.1. The zero-order chi connectivity index (χ0) is 12.3. The molecule has 1 N–H and O–H groups in total. The molecule has 1 fully saturated rings. The number of hydrogen-bond donors (Lipinski definition) is 1. The van der Waals surface area contributed by atoms with E-state index >= 15 is 0 Å². The van der Waals surface area contributed by atoms with Gasteiger partial charge in [0.1, 0.15) is 0 Å². The highest BCUT2D eigenvalue weighted by Crippen LogP contribution is 2.46. The Kier molecular flexibility index (Phi) is 3.48. The molecule has 17 heavy (non-hydrogen) atoms. The predicted octanol–water partition coefficient (Wildman–Crippen LogP) is 2.04. The van der Waals surface area contributed by atoms with Crippen LogP contribution in [0.2, 0.25) is 0 Å². The molecule has 0 spiro atoms. The zero-order valence-corrected chi connectivity index (χ0v) is 10.5. The van der Waals surface area contributed by atoms with Gasteiger partial charge < -0.3 is 10.1 Å². The molecule has 1 aromatic rings. The largest absolute Gasteiger partial charge is 0.469 e. The van der Waals surface area contributed by atoms with E-state index in [2.05, 4.69) is 24.4 Å². The summed E-state index contributed by atoms with van der Waals surface area (Å²) in [7, 11) is 1.46. The van der Waals surface area contributed by atoms with Crippen molar-refractivity contribution in [2.75, 3.05) is 13.7 Å². The summed E-state index contributed by atoms with van der Waals surface area (Å²) in [5.74, 6) is -0.0743. The third kappa shape index (κ3) is 2.67. The average Bonchev–Trinajstić information content (AvgIpc) is 3.12. The summed E-state index contributed by atoms with van der Waals surface area (Å²) in [6.07, 6.45) is 1.89. The third-order valence-electron chi connectivity index (χ3n) is 3.51. The van der Waals surface area contributed by atoms with Crippen molar-refractivity contribution in [1.82, 2.24) is 5.32 Å². The Morgan fingerprint density at radius 1 is 1.41 bits per heavy atom. The van der Waals surface area contributed by atoms with Gasteiger partial charge in [0.05, 0.1) is 12.5 Å². The number of aryl methyl sites for hydroxylation is 1. The van der Waals surface area contributed by atoms with E-state index in [0.29, 0.717) is 6.54 Å². The molecule has 0 bridgehead atoms. The summed E-state index contributed by atoms with van der Waals surface area (Å²) < 4.78 is 4.83. The molecule has 3 nitrogen and oxygen atoms in total. The minimum absolute atomic E-state index is 0.0743. The normalized spacial score (nSPS) is 16.6. The van der Waals surface area contributed by atoms with Crippen LogP contribution < -0.4 is 5.32 Å². The topological polar surface area (TPSA) is 38.3 Å². The number of methoxy groups -OCH3 is 1. The second-order valence-corrected chi connectivity index (χ2v) is 4.80. The maximum absolute atomic E-state index is 11.5. The lowest BCUT2D eigenvalue weighted by Gasteiger charge is -2.14. The van der Waals surface area contributed by atoms with Gasteiger partial charge >= 0.3 is 5.97 Å². The number of carbonyl (C=O) groups excluding carboxylic acids is 1. The number of ether oxygens (including phenoxy) is 1. The van der Waals surface area contributed by atoms with Gasteiger partial charge in [0, 0.05) is 13.1 Å². The summed E-state index contributed by atoms with van der Waals surface area (Å²) >= 11 is 0. The van der Waals surface area contributed by atoms with E-state index in [0.717, 1.165) is 19.4 Å². The number of benzene rings is 1. The van der Waals surface area contributed by atoms with Crippen LogP contribution in [0.15, 0.2) is 24.3 Å². The van der Waals surface area contributed by atoms with Gasteiger partial charge in [-0.25, -0.2) is 0 Å². The zero-order valence-electron chi connectivity index (χ0n) is 10.5. The first-order valence-corrected chi connectivity index (χ1v) is 6.02. The van der Waals surface area contributed by atoms with Crippen LogP contribution in [0.5, 0.6) is 0 Å². The highest BCUT2D eigenvalue weighted by atomic mass is 16.5. The first-order valence-electron chi connectivity index (χ1n) is 6.02. The van der Waals surface area contributed by atoms with Crippen molar-refractivity contribution in [2.45, 2.75) is 26.3 Å². The molecule has 1 aromatic carbocycles. The van der Waals surface area contributed by atoms with Crippen molar-refractivity contribution in [1.29, 1.82) is 0 Å². The standard InChI is InChI=1S/C14H19NO2/c1-11-5-3-4-6-12(11)9-15-10-14(7-8-14)13(16)17-2/h3-6,15H,7-10H2,1-2H3. The molecule has 0 heterocycles. The van der Waals surface area contributed by atoms with E-state index in [-0.39, 0.29) is 11.4 Å². The third-order valence-corrected chi connectivity index (χ3v) is 3.51. The Labute approximate surface area is 102 Å². The molecular weight excluding hydrogens is 214 g/mol. The quantitative estimate of drug-likeness (QED) is 0.791. The fourth-order valence-corrected chi connectivity index (χ4v) is 2.07. The van der Waals surface area contributed by atoms with Crippen LogP contribution in [0.1, 0.15) is 24.0 Å². The van der Waals surface area contributed by atoms with E-state index in [9.17, 15) is 4.79 Å². The Balaban J connectivity index is 1.85. The first-order chi connectivity index (χ1) is 8.18. The minimum Gasteiger partial charge on any atom is -0.469 e. The van der Waals surface area contributed by atoms with Crippen molar-refractivity contribution >= 4 is 5.97 Å². The van der Waals surface area contributed by atoms with Gasteiger partial charge in [-0.05, 0) is 30.9 Å². The summed E-state index contributed by atoms with van der Waals surface area (Å²) in [5.41, 5.74) is 2.33. The predicted molar refractivity (Wildman–Crippen MR) is 66.6 cm³/mol. The Morgan fingerprint density at radius 3 is 2.71 bits per heavy atom. The van der Waals surface area contributed by atoms with Crippen LogP contribution in [-0.4, -0.2) is 19.6 Å². The molecule has 0 saturated heterocycles. The lowest BCUT2D eigenvalue weighted by Crippen LogP contribution is -2.30. The highest BCUT2D eigenvalue weighted by molar-refractivity contribution is 5.80. The van der Waals surface area contributed by atoms with Crippen LogP contribution in [0.3, 0.4) is 0 Å². The van der Waals surface area contributed by atoms with E-state index in [1.165, 1.54) is 18.2 Å². The molecule has 0 radical (unpaired) electrons. The summed E-state index contributed by atoms with van der Waals surface area (Å²) in [6, 6.07) is 8.29. The molecule has 1 aliphatic carbocycles. The second kappa shape index (κ2) is 4.88. The van der Waals surface area contributed by atoms with Crippen LogP contribution in [0, 0.1) is 12.3 Å². The number of carbonyl (C=O) groups is 1. The summed E-state index contributed by atoms with van der Waals surface area (Å²) in [6.45, 7) is 3.63. The van der Waals surface area contributed by atoms with Gasteiger partial charge in [-0.1, -0.05) is 24.3 Å². The maximum atomic E-state index is 11.5. The lowest BCUT2D eigenvalue weighted by atomic mass is 10.1. The van der Waals surface area contributed by atoms with E-state index < -0.39 is 0 Å². The molecule has 92 valence electrons. The fraction of sp³-hybridized carbons (Fsp3) is 0.500. The number of hydrogen-bond acceptors (Lipinski definition) is 3. The van der Waals surface area contributed by atoms with Crippen LogP contribution in [0.4, 0.5) is 0 Å². The monoisotopic (exact) mass is 233 g/mol. The van der Waals surface area contributed by atoms with Crippen LogP contribution >= 0.6 is 0 Å². The Bertz CT molecular complexity index is 410. The number of rotatable bonds is 5. The molecule has 1 aliphatic rings.